The molecule has 206 valence electrons. The molecule has 1 aromatic heterocycles. The molecule has 2 aromatic rings. The Bertz CT molecular complexity index is 1260. The zero-order chi connectivity index (χ0) is 28.0. The SMILES string of the molecule is Cc1c(CC(=O)NCC(=O)N[C@H](C(=O)NCC2CCC(C(=O)O)CC2)C(C)C)c(=O)oc2cc(O)ccc12. The third-order valence-electron chi connectivity index (χ3n) is 7.08. The van der Waals surface area contributed by atoms with E-state index in [0.717, 1.165) is 12.8 Å². The van der Waals surface area contributed by atoms with Crippen molar-refractivity contribution in [2.75, 3.05) is 13.1 Å². The van der Waals surface area contributed by atoms with Crippen LogP contribution in [0.3, 0.4) is 0 Å². The molecule has 11 heteroatoms. The van der Waals surface area contributed by atoms with E-state index in [1.54, 1.807) is 26.8 Å². The number of aryl methyl sites for hydroxylation is 1. The number of amides is 3. The van der Waals surface area contributed by atoms with E-state index < -0.39 is 29.5 Å². The molecule has 3 rings (SSSR count). The van der Waals surface area contributed by atoms with Crippen LogP contribution in [0, 0.1) is 24.7 Å². The van der Waals surface area contributed by atoms with E-state index in [1.807, 2.05) is 0 Å². The van der Waals surface area contributed by atoms with Gasteiger partial charge < -0.3 is 30.6 Å². The number of rotatable bonds is 10. The van der Waals surface area contributed by atoms with Crippen LogP contribution in [0.2, 0.25) is 0 Å². The summed E-state index contributed by atoms with van der Waals surface area (Å²) in [6.45, 7) is 5.30. The summed E-state index contributed by atoms with van der Waals surface area (Å²) in [7, 11) is 0. The predicted molar refractivity (Wildman–Crippen MR) is 138 cm³/mol. The maximum Gasteiger partial charge on any atom is 0.340 e. The van der Waals surface area contributed by atoms with Crippen LogP contribution in [0.15, 0.2) is 27.4 Å². The average Bonchev–Trinajstić information content (AvgIpc) is 2.86. The number of carboxylic acid groups (broad SMARTS) is 1. The monoisotopic (exact) mass is 529 g/mol. The molecule has 0 saturated heterocycles. The van der Waals surface area contributed by atoms with E-state index in [4.69, 9.17) is 9.52 Å². The van der Waals surface area contributed by atoms with Gasteiger partial charge in [0.25, 0.3) is 0 Å². The second kappa shape index (κ2) is 12.6. The quantitative estimate of drug-likeness (QED) is 0.289. The van der Waals surface area contributed by atoms with Crippen LogP contribution >= 0.6 is 0 Å². The topological polar surface area (TPSA) is 175 Å². The summed E-state index contributed by atoms with van der Waals surface area (Å²) in [4.78, 5) is 61.2. The van der Waals surface area contributed by atoms with Gasteiger partial charge in [-0.1, -0.05) is 13.8 Å². The van der Waals surface area contributed by atoms with Crippen molar-refractivity contribution in [2.24, 2.45) is 17.8 Å². The largest absolute Gasteiger partial charge is 0.508 e. The van der Waals surface area contributed by atoms with E-state index in [2.05, 4.69) is 16.0 Å². The molecule has 1 saturated carbocycles. The Balaban J connectivity index is 1.50. The highest BCUT2D eigenvalue weighted by atomic mass is 16.4. The highest BCUT2D eigenvalue weighted by Gasteiger charge is 2.28. The predicted octanol–water partition coefficient (Wildman–Crippen LogP) is 1.61. The number of phenols is 1. The number of benzene rings is 1. The van der Waals surface area contributed by atoms with Gasteiger partial charge in [0, 0.05) is 18.0 Å². The van der Waals surface area contributed by atoms with Crippen LogP contribution in [-0.2, 0) is 25.6 Å². The van der Waals surface area contributed by atoms with Crippen molar-refractivity contribution in [3.63, 3.8) is 0 Å². The zero-order valence-corrected chi connectivity index (χ0v) is 21.8. The fourth-order valence-corrected chi connectivity index (χ4v) is 4.72. The molecule has 1 fully saturated rings. The third-order valence-corrected chi connectivity index (χ3v) is 7.08. The van der Waals surface area contributed by atoms with Crippen molar-refractivity contribution in [1.82, 2.24) is 16.0 Å². The molecule has 0 radical (unpaired) electrons. The smallest absolute Gasteiger partial charge is 0.340 e. The summed E-state index contributed by atoms with van der Waals surface area (Å²) in [6, 6.07) is 3.56. The molecular formula is C27H35N3O8. The van der Waals surface area contributed by atoms with Crippen LogP contribution in [0.4, 0.5) is 0 Å². The van der Waals surface area contributed by atoms with Gasteiger partial charge in [0.1, 0.15) is 17.4 Å². The van der Waals surface area contributed by atoms with Crippen LogP contribution in [-0.4, -0.2) is 53.0 Å². The first-order valence-electron chi connectivity index (χ1n) is 12.8. The molecule has 1 atom stereocenters. The van der Waals surface area contributed by atoms with Gasteiger partial charge in [-0.3, -0.25) is 19.2 Å². The molecular weight excluding hydrogens is 494 g/mol. The molecule has 0 spiro atoms. The molecule has 1 aliphatic carbocycles. The maximum absolute atomic E-state index is 12.7. The number of phenolic OH excluding ortho intramolecular Hbond substituents is 1. The highest BCUT2D eigenvalue weighted by molar-refractivity contribution is 5.91. The first-order chi connectivity index (χ1) is 18.0. The number of aliphatic carboxylic acids is 1. The van der Waals surface area contributed by atoms with Gasteiger partial charge in [-0.2, -0.15) is 0 Å². The van der Waals surface area contributed by atoms with Gasteiger partial charge in [-0.25, -0.2) is 4.79 Å². The standard InChI is InChI=1S/C27H35N3O8/c1-14(2)24(25(34)29-12-16-4-6-17(7-5-16)26(35)36)30-23(33)13-28-22(32)11-20-15(3)19-9-8-18(31)10-21(19)38-27(20)37/h8-10,14,16-17,24,31H,4-7,11-13H2,1-3H3,(H,28,32)(H,29,34)(H,30,33)(H,35,36)/t16?,17?,24-/m0/s1. The first kappa shape index (κ1) is 28.7. The van der Waals surface area contributed by atoms with Gasteiger partial charge in [-0.15, -0.1) is 0 Å². The number of carbonyl (C=O) groups excluding carboxylic acids is 3. The number of fused-ring (bicyclic) bond motifs is 1. The van der Waals surface area contributed by atoms with E-state index in [-0.39, 0.29) is 53.5 Å². The van der Waals surface area contributed by atoms with Crippen molar-refractivity contribution >= 4 is 34.7 Å². The Morgan fingerprint density at radius 3 is 2.37 bits per heavy atom. The molecule has 1 aliphatic rings. The first-order valence-corrected chi connectivity index (χ1v) is 12.8. The van der Waals surface area contributed by atoms with Crippen LogP contribution in [0.1, 0.15) is 50.7 Å². The van der Waals surface area contributed by atoms with E-state index in [1.165, 1.54) is 12.1 Å². The number of aromatic hydroxyl groups is 1. The number of carboxylic acids is 1. The Labute approximate surface area is 220 Å². The molecule has 11 nitrogen and oxygen atoms in total. The number of nitrogens with one attached hydrogen (secondary N) is 3. The molecule has 1 heterocycles. The molecule has 1 aromatic carbocycles. The lowest BCUT2D eigenvalue weighted by Gasteiger charge is -2.27. The highest BCUT2D eigenvalue weighted by Crippen LogP contribution is 2.28. The third kappa shape index (κ3) is 7.33. The summed E-state index contributed by atoms with van der Waals surface area (Å²) >= 11 is 0. The van der Waals surface area contributed by atoms with Crippen LogP contribution in [0.5, 0.6) is 5.75 Å². The minimum atomic E-state index is -0.805. The second-order valence-corrected chi connectivity index (χ2v) is 10.2. The molecule has 3 amide bonds. The van der Waals surface area contributed by atoms with Crippen molar-refractivity contribution in [1.29, 1.82) is 0 Å². The Morgan fingerprint density at radius 1 is 1.05 bits per heavy atom. The van der Waals surface area contributed by atoms with Gasteiger partial charge in [0.05, 0.1) is 24.4 Å². The lowest BCUT2D eigenvalue weighted by atomic mass is 9.82. The lowest BCUT2D eigenvalue weighted by molar-refractivity contribution is -0.143. The summed E-state index contributed by atoms with van der Waals surface area (Å²) in [5.41, 5.74) is 0.205. The minimum Gasteiger partial charge on any atom is -0.508 e. The van der Waals surface area contributed by atoms with E-state index in [0.29, 0.717) is 30.3 Å². The van der Waals surface area contributed by atoms with Gasteiger partial charge in [-0.05, 0) is 62.1 Å². The number of carbonyl (C=O) groups is 4. The zero-order valence-electron chi connectivity index (χ0n) is 21.8. The molecule has 5 N–H and O–H groups in total. The van der Waals surface area contributed by atoms with Crippen molar-refractivity contribution < 1.29 is 33.8 Å². The van der Waals surface area contributed by atoms with Crippen molar-refractivity contribution in [3.8, 4) is 5.75 Å². The van der Waals surface area contributed by atoms with Crippen LogP contribution < -0.4 is 21.6 Å². The van der Waals surface area contributed by atoms with Crippen molar-refractivity contribution in [3.05, 3.63) is 39.7 Å². The number of hydrogen-bond donors (Lipinski definition) is 5. The van der Waals surface area contributed by atoms with Crippen LogP contribution in [0.25, 0.3) is 11.0 Å². The van der Waals surface area contributed by atoms with Gasteiger partial charge in [0.2, 0.25) is 17.7 Å². The minimum absolute atomic E-state index is 0.0483. The summed E-state index contributed by atoms with van der Waals surface area (Å²) < 4.78 is 5.22. The van der Waals surface area contributed by atoms with E-state index >= 15 is 0 Å². The number of hydrogen-bond acceptors (Lipinski definition) is 7. The summed E-state index contributed by atoms with van der Waals surface area (Å²) in [5, 5.41) is 27.3. The van der Waals surface area contributed by atoms with Gasteiger partial charge in [0.15, 0.2) is 0 Å². The van der Waals surface area contributed by atoms with Gasteiger partial charge >= 0.3 is 11.6 Å². The Morgan fingerprint density at radius 2 is 1.74 bits per heavy atom. The average molecular weight is 530 g/mol. The molecule has 0 unspecified atom stereocenters. The Hall–Kier alpha value is -3.89. The van der Waals surface area contributed by atoms with E-state index in [9.17, 15) is 29.1 Å². The fraction of sp³-hybridized carbons (Fsp3) is 0.519. The Kier molecular flexibility index (Phi) is 9.49. The maximum atomic E-state index is 12.7. The van der Waals surface area contributed by atoms with Crippen molar-refractivity contribution in [2.45, 2.75) is 58.9 Å². The second-order valence-electron chi connectivity index (χ2n) is 10.2. The lowest BCUT2D eigenvalue weighted by Crippen LogP contribution is -2.52. The normalized spacial score (nSPS) is 18.1. The molecule has 0 bridgehead atoms. The summed E-state index contributed by atoms with van der Waals surface area (Å²) in [5.74, 6) is -2.61. The molecule has 0 aliphatic heterocycles. The summed E-state index contributed by atoms with van der Waals surface area (Å²) in [6.07, 6.45) is 2.32. The fourth-order valence-electron chi connectivity index (χ4n) is 4.72. The molecule has 38 heavy (non-hydrogen) atoms.